The van der Waals surface area contributed by atoms with Crippen LogP contribution in [0.5, 0.6) is 0 Å². The van der Waals surface area contributed by atoms with Crippen LogP contribution in [0.3, 0.4) is 0 Å². The van der Waals surface area contributed by atoms with Crippen LogP contribution in [0.15, 0.2) is 60.0 Å². The number of hydrogen-bond acceptors (Lipinski definition) is 5. The Morgan fingerprint density at radius 3 is 2.48 bits per heavy atom. The van der Waals surface area contributed by atoms with E-state index in [0.717, 1.165) is 28.7 Å². The highest BCUT2D eigenvalue weighted by Gasteiger charge is 2.21. The number of carbonyl (C=O) groups excluding carboxylic acids is 1. The van der Waals surface area contributed by atoms with E-state index in [4.69, 9.17) is 0 Å². The Morgan fingerprint density at radius 2 is 1.81 bits per heavy atom. The van der Waals surface area contributed by atoms with E-state index in [1.807, 2.05) is 67.8 Å². The molecule has 27 heavy (non-hydrogen) atoms. The molecule has 0 aliphatic carbocycles. The van der Waals surface area contributed by atoms with E-state index in [1.165, 1.54) is 11.8 Å². The number of nitrogens with one attached hydrogen (secondary N) is 1. The van der Waals surface area contributed by atoms with Crippen molar-refractivity contribution in [2.24, 2.45) is 0 Å². The highest BCUT2D eigenvalue weighted by atomic mass is 32.2. The summed E-state index contributed by atoms with van der Waals surface area (Å²) in [4.78, 5) is 16.7. The third-order valence-electron chi connectivity index (χ3n) is 4.28. The van der Waals surface area contributed by atoms with Crippen LogP contribution in [-0.4, -0.2) is 30.9 Å². The van der Waals surface area contributed by atoms with Gasteiger partial charge in [0.15, 0.2) is 11.0 Å². The van der Waals surface area contributed by atoms with E-state index in [2.05, 4.69) is 20.5 Å². The smallest absolute Gasteiger partial charge is 0.233 e. The van der Waals surface area contributed by atoms with Gasteiger partial charge in [-0.2, -0.15) is 0 Å². The molecule has 0 radical (unpaired) electrons. The Hall–Kier alpha value is -2.67. The second kappa shape index (κ2) is 8.81. The predicted octanol–water partition coefficient (Wildman–Crippen LogP) is 3.72. The molecule has 3 aromatic rings. The molecule has 0 spiro atoms. The standard InChI is InChI=1S/C20H23N5OS/c1-4-25-18(17-10-12-21-13-11-17)23-24-20(25)27-15(3)19(26)22-14(2)16-8-6-5-7-9-16/h5-15H,4H2,1-3H3,(H,22,26). The Kier molecular flexibility index (Phi) is 6.24. The van der Waals surface area contributed by atoms with Crippen LogP contribution < -0.4 is 5.32 Å². The monoisotopic (exact) mass is 381 g/mol. The van der Waals surface area contributed by atoms with E-state index < -0.39 is 0 Å². The van der Waals surface area contributed by atoms with E-state index in [-0.39, 0.29) is 17.2 Å². The largest absolute Gasteiger partial charge is 0.349 e. The highest BCUT2D eigenvalue weighted by molar-refractivity contribution is 8.00. The van der Waals surface area contributed by atoms with Crippen LogP contribution >= 0.6 is 11.8 Å². The zero-order valence-corrected chi connectivity index (χ0v) is 16.5. The minimum atomic E-state index is -0.282. The second-order valence-electron chi connectivity index (χ2n) is 6.19. The van der Waals surface area contributed by atoms with Crippen molar-refractivity contribution in [3.05, 3.63) is 60.4 Å². The SMILES string of the molecule is CCn1c(SC(C)C(=O)NC(C)c2ccccc2)nnc1-c1ccncc1. The Balaban J connectivity index is 1.69. The molecule has 0 saturated heterocycles. The lowest BCUT2D eigenvalue weighted by atomic mass is 10.1. The summed E-state index contributed by atoms with van der Waals surface area (Å²) in [6.45, 7) is 6.64. The van der Waals surface area contributed by atoms with Gasteiger partial charge in [0.05, 0.1) is 11.3 Å². The summed E-state index contributed by atoms with van der Waals surface area (Å²) in [5.74, 6) is 0.764. The number of pyridine rings is 1. The van der Waals surface area contributed by atoms with E-state index in [1.54, 1.807) is 12.4 Å². The third kappa shape index (κ3) is 4.54. The summed E-state index contributed by atoms with van der Waals surface area (Å²) in [6.07, 6.45) is 3.47. The van der Waals surface area contributed by atoms with E-state index in [0.29, 0.717) is 0 Å². The minimum absolute atomic E-state index is 0.0209. The van der Waals surface area contributed by atoms with E-state index >= 15 is 0 Å². The van der Waals surface area contributed by atoms with Crippen molar-refractivity contribution in [2.75, 3.05) is 0 Å². The van der Waals surface area contributed by atoms with Gasteiger partial charge in [0.1, 0.15) is 0 Å². The first-order valence-electron chi connectivity index (χ1n) is 8.95. The van der Waals surface area contributed by atoms with Crippen LogP contribution in [0.4, 0.5) is 0 Å². The maximum absolute atomic E-state index is 12.6. The summed E-state index contributed by atoms with van der Waals surface area (Å²) in [6, 6.07) is 13.7. The summed E-state index contributed by atoms with van der Waals surface area (Å²) in [5.41, 5.74) is 2.04. The molecule has 3 rings (SSSR count). The topological polar surface area (TPSA) is 72.7 Å². The van der Waals surface area contributed by atoms with Crippen molar-refractivity contribution in [3.63, 3.8) is 0 Å². The molecule has 6 nitrogen and oxygen atoms in total. The molecule has 0 aliphatic heterocycles. The predicted molar refractivity (Wildman–Crippen MR) is 107 cm³/mol. The van der Waals surface area contributed by atoms with Crippen molar-refractivity contribution >= 4 is 17.7 Å². The minimum Gasteiger partial charge on any atom is -0.349 e. The molecule has 2 heterocycles. The van der Waals surface area contributed by atoms with Gasteiger partial charge in [-0.15, -0.1) is 10.2 Å². The molecule has 2 unspecified atom stereocenters. The highest BCUT2D eigenvalue weighted by Crippen LogP contribution is 2.27. The van der Waals surface area contributed by atoms with Gasteiger partial charge >= 0.3 is 0 Å². The number of carbonyl (C=O) groups is 1. The normalized spacial score (nSPS) is 13.1. The van der Waals surface area contributed by atoms with Crippen LogP contribution in [-0.2, 0) is 11.3 Å². The van der Waals surface area contributed by atoms with Gasteiger partial charge in [0.2, 0.25) is 5.91 Å². The first-order valence-corrected chi connectivity index (χ1v) is 9.83. The lowest BCUT2D eigenvalue weighted by Gasteiger charge is -2.17. The fraction of sp³-hybridized carbons (Fsp3) is 0.300. The first-order chi connectivity index (χ1) is 13.1. The van der Waals surface area contributed by atoms with Crippen molar-refractivity contribution in [1.29, 1.82) is 0 Å². The molecule has 140 valence electrons. The summed E-state index contributed by atoms with van der Waals surface area (Å²) in [7, 11) is 0. The summed E-state index contributed by atoms with van der Waals surface area (Å²) in [5, 5.41) is 12.1. The van der Waals surface area contributed by atoms with Crippen LogP contribution in [0.1, 0.15) is 32.4 Å². The zero-order chi connectivity index (χ0) is 19.2. The molecule has 0 aliphatic rings. The number of nitrogens with zero attached hydrogens (tertiary/aromatic N) is 4. The Labute approximate surface area is 163 Å². The van der Waals surface area contributed by atoms with Gasteiger partial charge in [-0.3, -0.25) is 9.78 Å². The molecule has 7 heteroatoms. The number of thioether (sulfide) groups is 1. The average molecular weight is 382 g/mol. The maximum Gasteiger partial charge on any atom is 0.233 e. The molecular formula is C20H23N5OS. The summed E-state index contributed by atoms with van der Waals surface area (Å²) < 4.78 is 2.02. The first kappa shape index (κ1) is 19.1. The lowest BCUT2D eigenvalue weighted by Crippen LogP contribution is -2.33. The number of benzene rings is 1. The molecule has 0 bridgehead atoms. The van der Waals surface area contributed by atoms with Crippen molar-refractivity contribution < 1.29 is 4.79 Å². The molecule has 1 N–H and O–H groups in total. The number of rotatable bonds is 7. The second-order valence-corrected chi connectivity index (χ2v) is 7.50. The summed E-state index contributed by atoms with van der Waals surface area (Å²) >= 11 is 1.42. The van der Waals surface area contributed by atoms with E-state index in [9.17, 15) is 4.79 Å². The molecule has 2 atom stereocenters. The molecule has 2 aromatic heterocycles. The molecule has 1 aromatic carbocycles. The van der Waals surface area contributed by atoms with Crippen molar-refractivity contribution in [1.82, 2.24) is 25.1 Å². The quantitative estimate of drug-likeness (QED) is 0.632. The molecule has 0 saturated carbocycles. The molecule has 0 fully saturated rings. The maximum atomic E-state index is 12.6. The average Bonchev–Trinajstić information content (AvgIpc) is 3.11. The number of amides is 1. The molecule has 1 amide bonds. The fourth-order valence-electron chi connectivity index (χ4n) is 2.74. The zero-order valence-electron chi connectivity index (χ0n) is 15.7. The Morgan fingerprint density at radius 1 is 1.11 bits per heavy atom. The van der Waals surface area contributed by atoms with Gasteiger partial charge < -0.3 is 9.88 Å². The van der Waals surface area contributed by atoms with Gasteiger partial charge in [-0.25, -0.2) is 0 Å². The van der Waals surface area contributed by atoms with Crippen LogP contribution in [0.25, 0.3) is 11.4 Å². The third-order valence-corrected chi connectivity index (χ3v) is 5.36. The van der Waals surface area contributed by atoms with Crippen LogP contribution in [0.2, 0.25) is 0 Å². The van der Waals surface area contributed by atoms with Gasteiger partial charge in [0, 0.05) is 24.5 Å². The number of hydrogen-bond donors (Lipinski definition) is 1. The number of aromatic nitrogens is 4. The van der Waals surface area contributed by atoms with Gasteiger partial charge in [0.25, 0.3) is 0 Å². The van der Waals surface area contributed by atoms with Crippen molar-refractivity contribution in [2.45, 2.75) is 43.8 Å². The lowest BCUT2D eigenvalue weighted by molar-refractivity contribution is -0.120. The fourth-order valence-corrected chi connectivity index (χ4v) is 3.66. The molecular weight excluding hydrogens is 358 g/mol. The Bertz CT molecular complexity index is 882. The van der Waals surface area contributed by atoms with Crippen molar-refractivity contribution in [3.8, 4) is 11.4 Å². The van der Waals surface area contributed by atoms with Crippen LogP contribution in [0, 0.1) is 0 Å². The van der Waals surface area contributed by atoms with Gasteiger partial charge in [-0.1, -0.05) is 42.1 Å². The van der Waals surface area contributed by atoms with Gasteiger partial charge in [-0.05, 0) is 38.5 Å².